The van der Waals surface area contributed by atoms with Crippen molar-refractivity contribution in [1.82, 2.24) is 24.1 Å². The molecule has 0 N–H and O–H groups in total. The summed E-state index contributed by atoms with van der Waals surface area (Å²) in [7, 11) is 0. The van der Waals surface area contributed by atoms with E-state index in [9.17, 15) is 0 Å². The van der Waals surface area contributed by atoms with Gasteiger partial charge in [0.05, 0.1) is 27.5 Å². The first-order chi connectivity index (χ1) is 25.3. The van der Waals surface area contributed by atoms with Crippen LogP contribution in [0, 0.1) is 0 Å². The van der Waals surface area contributed by atoms with Crippen LogP contribution in [0.4, 0.5) is 0 Å². The Balaban J connectivity index is 1.35. The summed E-state index contributed by atoms with van der Waals surface area (Å²) >= 11 is 0. The van der Waals surface area contributed by atoms with Crippen molar-refractivity contribution >= 4 is 65.6 Å². The lowest BCUT2D eigenvalue weighted by Gasteiger charge is -2.13. The highest BCUT2D eigenvalue weighted by Crippen LogP contribution is 2.45. The fraction of sp³-hybridized carbons (Fsp3) is 0. The van der Waals surface area contributed by atoms with E-state index in [4.69, 9.17) is 19.4 Å². The van der Waals surface area contributed by atoms with E-state index in [-0.39, 0.29) is 0 Å². The maximum Gasteiger partial charge on any atom is 0.238 e. The third-order valence-electron chi connectivity index (χ3n) is 9.97. The Kier molecular flexibility index (Phi) is 5.86. The van der Waals surface area contributed by atoms with Crippen molar-refractivity contribution in [2.45, 2.75) is 0 Å². The quantitative estimate of drug-likeness (QED) is 0.190. The molecule has 0 saturated heterocycles. The number of hydrogen-bond acceptors (Lipinski definition) is 4. The molecule has 11 aromatic rings. The number of nitrogens with zero attached hydrogens (tertiary/aromatic N) is 5. The van der Waals surface area contributed by atoms with Crippen LogP contribution in [-0.4, -0.2) is 24.1 Å². The minimum absolute atomic E-state index is 0.556. The number of fused-ring (bicyclic) bond motifs is 11. The standard InChI is InChI=1S/C45H27N5O/c1-4-14-28(15-5-1)43-46-44(29-16-6-2-7-17-29)48-45(47-43)50-36-22-12-10-20-31(36)33-24-25-35-39-37(49(41(35)40(33)50)30-18-8-3-9-19-30)27-26-34-32-21-11-13-23-38(32)51-42(34)39/h1-27H. The van der Waals surface area contributed by atoms with E-state index in [0.717, 1.165) is 82.4 Å². The Bertz CT molecular complexity index is 3060. The smallest absolute Gasteiger partial charge is 0.238 e. The van der Waals surface area contributed by atoms with E-state index in [2.05, 4.69) is 100 Å². The molecule has 6 nitrogen and oxygen atoms in total. The lowest BCUT2D eigenvalue weighted by Crippen LogP contribution is -2.07. The Hall–Kier alpha value is -7.05. The highest BCUT2D eigenvalue weighted by molar-refractivity contribution is 6.29. The van der Waals surface area contributed by atoms with Gasteiger partial charge in [0.2, 0.25) is 5.95 Å². The average molecular weight is 654 g/mol. The van der Waals surface area contributed by atoms with Crippen LogP contribution in [-0.2, 0) is 0 Å². The fourth-order valence-corrected chi connectivity index (χ4v) is 7.76. The van der Waals surface area contributed by atoms with Crippen LogP contribution in [0.2, 0.25) is 0 Å². The number of hydrogen-bond donors (Lipinski definition) is 0. The van der Waals surface area contributed by atoms with Crippen molar-refractivity contribution in [2.75, 3.05) is 0 Å². The Morgan fingerprint density at radius 3 is 1.69 bits per heavy atom. The molecule has 0 unspecified atom stereocenters. The maximum absolute atomic E-state index is 6.69. The van der Waals surface area contributed by atoms with Crippen molar-refractivity contribution in [2.24, 2.45) is 0 Å². The molecule has 0 aliphatic rings. The van der Waals surface area contributed by atoms with Crippen molar-refractivity contribution in [3.05, 3.63) is 164 Å². The van der Waals surface area contributed by atoms with E-state index in [0.29, 0.717) is 17.6 Å². The number of rotatable bonds is 4. The fourth-order valence-electron chi connectivity index (χ4n) is 7.76. The number of furan rings is 1. The largest absolute Gasteiger partial charge is 0.455 e. The summed E-state index contributed by atoms with van der Waals surface area (Å²) in [6.45, 7) is 0. The average Bonchev–Trinajstić information content (AvgIpc) is 3.86. The molecule has 0 atom stereocenters. The summed E-state index contributed by atoms with van der Waals surface area (Å²) in [5.41, 5.74) is 8.83. The third kappa shape index (κ3) is 4.07. The van der Waals surface area contributed by atoms with Gasteiger partial charge in [0.1, 0.15) is 11.2 Å². The first-order valence-corrected chi connectivity index (χ1v) is 17.0. The van der Waals surface area contributed by atoms with Crippen LogP contribution < -0.4 is 0 Å². The van der Waals surface area contributed by atoms with E-state index < -0.39 is 0 Å². The molecule has 0 amide bonds. The molecule has 4 heterocycles. The minimum atomic E-state index is 0.556. The zero-order valence-corrected chi connectivity index (χ0v) is 27.2. The van der Waals surface area contributed by atoms with Gasteiger partial charge in [-0.1, -0.05) is 127 Å². The van der Waals surface area contributed by atoms with Gasteiger partial charge >= 0.3 is 0 Å². The van der Waals surface area contributed by atoms with Crippen LogP contribution in [0.25, 0.3) is 100.0 Å². The summed E-state index contributed by atoms with van der Waals surface area (Å²) in [6.07, 6.45) is 0. The first-order valence-electron chi connectivity index (χ1n) is 17.0. The maximum atomic E-state index is 6.69. The van der Waals surface area contributed by atoms with Gasteiger partial charge in [0, 0.05) is 43.7 Å². The Morgan fingerprint density at radius 1 is 0.392 bits per heavy atom. The van der Waals surface area contributed by atoms with Crippen molar-refractivity contribution in [3.8, 4) is 34.4 Å². The lowest BCUT2D eigenvalue weighted by atomic mass is 10.1. The second-order valence-electron chi connectivity index (χ2n) is 12.8. The van der Waals surface area contributed by atoms with Crippen LogP contribution in [0.15, 0.2) is 168 Å². The SMILES string of the molecule is c1ccc(-c2nc(-c3ccccc3)nc(-n3c4ccccc4c4ccc5c6c7oc8ccccc8c7ccc6n(-c6ccccc6)c5c43)n2)cc1. The monoisotopic (exact) mass is 653 g/mol. The molecule has 0 saturated carbocycles. The van der Waals surface area contributed by atoms with Gasteiger partial charge in [0.15, 0.2) is 11.6 Å². The number of para-hydroxylation sites is 3. The van der Waals surface area contributed by atoms with Gasteiger partial charge in [-0.2, -0.15) is 9.97 Å². The topological polar surface area (TPSA) is 61.7 Å². The van der Waals surface area contributed by atoms with E-state index >= 15 is 0 Å². The van der Waals surface area contributed by atoms with E-state index in [1.165, 1.54) is 0 Å². The molecule has 0 aliphatic heterocycles. The minimum Gasteiger partial charge on any atom is -0.455 e. The Labute approximate surface area is 291 Å². The van der Waals surface area contributed by atoms with E-state index in [1.807, 2.05) is 72.8 Å². The van der Waals surface area contributed by atoms with Crippen molar-refractivity contribution < 1.29 is 4.42 Å². The molecular formula is C45H27N5O. The summed E-state index contributed by atoms with van der Waals surface area (Å²) < 4.78 is 11.3. The van der Waals surface area contributed by atoms with Gasteiger partial charge in [-0.3, -0.25) is 4.57 Å². The van der Waals surface area contributed by atoms with Crippen LogP contribution in [0.1, 0.15) is 0 Å². The van der Waals surface area contributed by atoms with Gasteiger partial charge < -0.3 is 8.98 Å². The summed E-state index contributed by atoms with van der Waals surface area (Å²) in [6, 6.07) is 56.5. The first kappa shape index (κ1) is 27.9. The van der Waals surface area contributed by atoms with Crippen molar-refractivity contribution in [3.63, 3.8) is 0 Å². The van der Waals surface area contributed by atoms with Crippen LogP contribution in [0.5, 0.6) is 0 Å². The van der Waals surface area contributed by atoms with Gasteiger partial charge in [-0.05, 0) is 36.4 Å². The molecule has 0 aliphatic carbocycles. The molecule has 0 spiro atoms. The highest BCUT2D eigenvalue weighted by Gasteiger charge is 2.25. The molecule has 51 heavy (non-hydrogen) atoms. The summed E-state index contributed by atoms with van der Waals surface area (Å²) in [4.78, 5) is 15.5. The van der Waals surface area contributed by atoms with Gasteiger partial charge in [-0.25, -0.2) is 4.98 Å². The lowest BCUT2D eigenvalue weighted by molar-refractivity contribution is 0.673. The van der Waals surface area contributed by atoms with Crippen molar-refractivity contribution in [1.29, 1.82) is 0 Å². The van der Waals surface area contributed by atoms with Crippen LogP contribution >= 0.6 is 0 Å². The molecule has 0 bridgehead atoms. The molecule has 6 heteroatoms. The van der Waals surface area contributed by atoms with Gasteiger partial charge in [-0.15, -0.1) is 0 Å². The number of benzene rings is 7. The normalized spacial score (nSPS) is 11.9. The van der Waals surface area contributed by atoms with Crippen LogP contribution in [0.3, 0.4) is 0 Å². The third-order valence-corrected chi connectivity index (χ3v) is 9.97. The molecule has 11 rings (SSSR count). The summed E-state index contributed by atoms with van der Waals surface area (Å²) in [5, 5.41) is 6.61. The molecule has 7 aromatic carbocycles. The van der Waals surface area contributed by atoms with Gasteiger partial charge in [0.25, 0.3) is 0 Å². The highest BCUT2D eigenvalue weighted by atomic mass is 16.3. The van der Waals surface area contributed by atoms with E-state index in [1.54, 1.807) is 0 Å². The predicted octanol–water partition coefficient (Wildman–Crippen LogP) is 11.3. The molecule has 0 fully saturated rings. The second-order valence-corrected chi connectivity index (χ2v) is 12.8. The molecular weight excluding hydrogens is 627 g/mol. The molecule has 4 aromatic heterocycles. The summed E-state index contributed by atoms with van der Waals surface area (Å²) in [5.74, 6) is 1.79. The zero-order valence-electron chi connectivity index (χ0n) is 27.2. The number of aromatic nitrogens is 5. The second kappa shape index (κ2) is 10.7. The zero-order chi connectivity index (χ0) is 33.5. The molecule has 238 valence electrons. The molecule has 0 radical (unpaired) electrons. The predicted molar refractivity (Wildman–Crippen MR) is 207 cm³/mol. The Morgan fingerprint density at radius 2 is 0.961 bits per heavy atom.